The van der Waals surface area contributed by atoms with Gasteiger partial charge in [0.15, 0.2) is 9.84 Å². The van der Waals surface area contributed by atoms with Crippen LogP contribution in [0.15, 0.2) is 57.9 Å². The van der Waals surface area contributed by atoms with Gasteiger partial charge in [-0.3, -0.25) is 4.90 Å². The molecule has 2 rings (SSSR count). The lowest BCUT2D eigenvalue weighted by Gasteiger charge is -2.25. The van der Waals surface area contributed by atoms with Crippen molar-refractivity contribution in [2.75, 3.05) is 13.3 Å². The zero-order valence-corrected chi connectivity index (χ0v) is 15.4. The van der Waals surface area contributed by atoms with Gasteiger partial charge >= 0.3 is 0 Å². The first-order valence-corrected chi connectivity index (χ1v) is 9.70. The number of hydrogen-bond acceptors (Lipinski definition) is 3. The Morgan fingerprint density at radius 3 is 2.32 bits per heavy atom. The van der Waals surface area contributed by atoms with Crippen molar-refractivity contribution >= 4 is 25.8 Å². The minimum Gasteiger partial charge on any atom is -0.295 e. The Hall–Kier alpha value is -1.17. The molecule has 0 saturated heterocycles. The van der Waals surface area contributed by atoms with Crippen LogP contribution in [-0.4, -0.2) is 26.6 Å². The molecule has 5 heteroatoms. The van der Waals surface area contributed by atoms with Gasteiger partial charge in [0.2, 0.25) is 0 Å². The summed E-state index contributed by atoms with van der Waals surface area (Å²) in [4.78, 5) is 2.59. The fraction of sp³-hybridized carbons (Fsp3) is 0.294. The van der Waals surface area contributed by atoms with E-state index in [4.69, 9.17) is 0 Å². The van der Waals surface area contributed by atoms with E-state index >= 15 is 0 Å². The third kappa shape index (κ3) is 4.41. The molecule has 0 saturated carbocycles. The van der Waals surface area contributed by atoms with Crippen LogP contribution in [0.2, 0.25) is 0 Å². The lowest BCUT2D eigenvalue weighted by Crippen LogP contribution is -2.22. The molecule has 0 fully saturated rings. The van der Waals surface area contributed by atoms with Crippen molar-refractivity contribution in [2.45, 2.75) is 24.4 Å². The van der Waals surface area contributed by atoms with E-state index in [-0.39, 0.29) is 6.04 Å². The van der Waals surface area contributed by atoms with Gasteiger partial charge in [0, 0.05) is 23.3 Å². The average Bonchev–Trinajstić information content (AvgIpc) is 2.45. The summed E-state index contributed by atoms with van der Waals surface area (Å²) >= 11 is 3.49. The molecule has 1 atom stereocenters. The lowest BCUT2D eigenvalue weighted by molar-refractivity contribution is 0.253. The monoisotopic (exact) mass is 381 g/mol. The summed E-state index contributed by atoms with van der Waals surface area (Å²) in [5, 5.41) is 0. The molecule has 118 valence electrons. The molecule has 2 aromatic rings. The lowest BCUT2D eigenvalue weighted by atomic mass is 10.1. The summed E-state index contributed by atoms with van der Waals surface area (Å²) in [5.41, 5.74) is 2.33. The minimum atomic E-state index is -3.14. The Bertz CT molecular complexity index is 742. The van der Waals surface area contributed by atoms with Gasteiger partial charge in [-0.05, 0) is 49.4 Å². The van der Waals surface area contributed by atoms with Crippen LogP contribution in [0.4, 0.5) is 0 Å². The molecule has 0 aliphatic rings. The number of halogens is 1. The topological polar surface area (TPSA) is 37.4 Å². The quantitative estimate of drug-likeness (QED) is 0.783. The molecule has 2 aromatic carbocycles. The predicted octanol–water partition coefficient (Wildman–Crippen LogP) is 4.05. The van der Waals surface area contributed by atoms with Crippen LogP contribution in [0, 0.1) is 0 Å². The number of benzene rings is 2. The Labute approximate surface area is 141 Å². The first-order chi connectivity index (χ1) is 10.3. The van der Waals surface area contributed by atoms with Gasteiger partial charge in [0.1, 0.15) is 0 Å². The van der Waals surface area contributed by atoms with Crippen molar-refractivity contribution < 1.29 is 8.42 Å². The van der Waals surface area contributed by atoms with Gasteiger partial charge < -0.3 is 0 Å². The molecule has 0 aromatic heterocycles. The summed E-state index contributed by atoms with van der Waals surface area (Å²) in [5.74, 6) is 0. The Balaban J connectivity index is 2.12. The molecule has 0 aliphatic heterocycles. The van der Waals surface area contributed by atoms with Crippen molar-refractivity contribution in [2.24, 2.45) is 0 Å². The van der Waals surface area contributed by atoms with Crippen LogP contribution >= 0.6 is 15.9 Å². The number of nitrogens with zero attached hydrogens (tertiary/aromatic N) is 1. The highest BCUT2D eigenvalue weighted by atomic mass is 79.9. The van der Waals surface area contributed by atoms with Crippen molar-refractivity contribution in [3.63, 3.8) is 0 Å². The van der Waals surface area contributed by atoms with Crippen molar-refractivity contribution in [3.05, 3.63) is 64.1 Å². The van der Waals surface area contributed by atoms with Crippen LogP contribution in [0.1, 0.15) is 24.1 Å². The summed E-state index contributed by atoms with van der Waals surface area (Å²) in [6.45, 7) is 2.95. The normalized spacial score (nSPS) is 13.3. The van der Waals surface area contributed by atoms with E-state index in [2.05, 4.69) is 46.9 Å². The molecule has 0 bridgehead atoms. The van der Waals surface area contributed by atoms with Crippen LogP contribution in [-0.2, 0) is 16.4 Å². The van der Waals surface area contributed by atoms with Gasteiger partial charge in [-0.15, -0.1) is 0 Å². The maximum absolute atomic E-state index is 11.5. The third-order valence-corrected chi connectivity index (χ3v) is 5.39. The molecular formula is C17H20BrNO2S. The van der Waals surface area contributed by atoms with Crippen LogP contribution in [0.5, 0.6) is 0 Å². The van der Waals surface area contributed by atoms with E-state index in [0.29, 0.717) is 4.90 Å². The van der Waals surface area contributed by atoms with E-state index in [0.717, 1.165) is 16.6 Å². The largest absolute Gasteiger partial charge is 0.295 e. The molecule has 1 unspecified atom stereocenters. The second kappa shape index (κ2) is 6.94. The second-order valence-electron chi connectivity index (χ2n) is 5.56. The van der Waals surface area contributed by atoms with E-state index in [1.807, 2.05) is 24.3 Å². The van der Waals surface area contributed by atoms with E-state index in [1.165, 1.54) is 11.8 Å². The summed E-state index contributed by atoms with van der Waals surface area (Å²) in [6.07, 6.45) is 1.23. The van der Waals surface area contributed by atoms with Gasteiger partial charge in [-0.2, -0.15) is 0 Å². The molecule has 0 radical (unpaired) electrons. The highest BCUT2D eigenvalue weighted by molar-refractivity contribution is 9.10. The van der Waals surface area contributed by atoms with Crippen LogP contribution in [0.3, 0.4) is 0 Å². The summed E-state index contributed by atoms with van der Waals surface area (Å²) in [6, 6.07) is 15.6. The molecule has 0 amide bonds. The molecule has 0 heterocycles. The maximum Gasteiger partial charge on any atom is 0.175 e. The first-order valence-electron chi connectivity index (χ1n) is 7.02. The minimum absolute atomic E-state index is 0.201. The van der Waals surface area contributed by atoms with Crippen LogP contribution < -0.4 is 0 Å². The molecule has 22 heavy (non-hydrogen) atoms. The molecule has 0 N–H and O–H groups in total. The Morgan fingerprint density at radius 2 is 1.77 bits per heavy atom. The SMILES string of the molecule is CC(c1ccc(S(C)(=O)=O)cc1)N(C)Cc1cccc(Br)c1. The van der Waals surface area contributed by atoms with Crippen LogP contribution in [0.25, 0.3) is 0 Å². The van der Waals surface area contributed by atoms with Gasteiger partial charge in [0.25, 0.3) is 0 Å². The van der Waals surface area contributed by atoms with Crippen molar-refractivity contribution in [3.8, 4) is 0 Å². The van der Waals surface area contributed by atoms with Gasteiger partial charge in [-0.1, -0.05) is 40.2 Å². The molecular weight excluding hydrogens is 362 g/mol. The van der Waals surface area contributed by atoms with Crippen molar-refractivity contribution in [1.82, 2.24) is 4.90 Å². The average molecular weight is 382 g/mol. The number of hydrogen-bond donors (Lipinski definition) is 0. The summed E-state index contributed by atoms with van der Waals surface area (Å²) < 4.78 is 24.1. The number of sulfone groups is 1. The van der Waals surface area contributed by atoms with E-state index in [9.17, 15) is 8.42 Å². The van der Waals surface area contributed by atoms with Gasteiger partial charge in [0.05, 0.1) is 4.90 Å². The van der Waals surface area contributed by atoms with Crippen molar-refractivity contribution in [1.29, 1.82) is 0 Å². The standard InChI is InChI=1S/C17H20BrNO2S/c1-13(15-7-9-17(10-8-15)22(3,20)21)19(2)12-14-5-4-6-16(18)11-14/h4-11,13H,12H2,1-3H3. The highest BCUT2D eigenvalue weighted by Gasteiger charge is 2.13. The van der Waals surface area contributed by atoms with E-state index < -0.39 is 9.84 Å². The van der Waals surface area contributed by atoms with Gasteiger partial charge in [-0.25, -0.2) is 8.42 Å². The maximum atomic E-state index is 11.5. The Morgan fingerprint density at radius 1 is 1.14 bits per heavy atom. The molecule has 3 nitrogen and oxygen atoms in total. The second-order valence-corrected chi connectivity index (χ2v) is 8.49. The Kier molecular flexibility index (Phi) is 5.42. The fourth-order valence-corrected chi connectivity index (χ4v) is 3.39. The third-order valence-electron chi connectivity index (χ3n) is 3.77. The highest BCUT2D eigenvalue weighted by Crippen LogP contribution is 2.23. The number of rotatable bonds is 5. The summed E-state index contributed by atoms with van der Waals surface area (Å²) in [7, 11) is -1.07. The smallest absolute Gasteiger partial charge is 0.175 e. The van der Waals surface area contributed by atoms with E-state index in [1.54, 1.807) is 12.1 Å². The zero-order valence-electron chi connectivity index (χ0n) is 13.0. The predicted molar refractivity (Wildman–Crippen MR) is 93.6 cm³/mol. The fourth-order valence-electron chi connectivity index (χ4n) is 2.31. The molecule has 0 spiro atoms. The zero-order chi connectivity index (χ0) is 16.3. The first kappa shape index (κ1) is 17.2. The molecule has 0 aliphatic carbocycles.